The topological polar surface area (TPSA) is 114 Å². The number of hydrogen-bond acceptors (Lipinski definition) is 5. The largest absolute Gasteiger partial charge is 0.448 e. The van der Waals surface area contributed by atoms with E-state index in [0.29, 0.717) is 6.54 Å². The van der Waals surface area contributed by atoms with Crippen molar-refractivity contribution >= 4 is 28.3 Å². The van der Waals surface area contributed by atoms with Crippen molar-refractivity contribution in [2.24, 2.45) is 5.73 Å². The number of hydrogen-bond donors (Lipinski definition) is 3. The van der Waals surface area contributed by atoms with Gasteiger partial charge >= 0.3 is 0 Å². The van der Waals surface area contributed by atoms with E-state index < -0.39 is 10.0 Å². The summed E-state index contributed by atoms with van der Waals surface area (Å²) in [5.74, 6) is -0.0763. The first-order chi connectivity index (χ1) is 9.83. The number of carbonyl (C=O) groups excluding carboxylic acids is 1. The molecular formula is C13H22ClN3O4S. The molecule has 0 saturated heterocycles. The van der Waals surface area contributed by atoms with Crippen molar-refractivity contribution in [1.29, 1.82) is 0 Å². The molecule has 0 aromatic carbocycles. The van der Waals surface area contributed by atoms with E-state index in [9.17, 15) is 13.2 Å². The van der Waals surface area contributed by atoms with Crippen molar-refractivity contribution in [3.8, 4) is 0 Å². The van der Waals surface area contributed by atoms with Crippen LogP contribution >= 0.6 is 12.4 Å². The van der Waals surface area contributed by atoms with Crippen LogP contribution in [-0.2, 0) is 10.0 Å². The van der Waals surface area contributed by atoms with Crippen LogP contribution in [0.4, 0.5) is 0 Å². The van der Waals surface area contributed by atoms with Crippen LogP contribution in [0.1, 0.15) is 41.8 Å². The number of furan rings is 1. The Bertz CT molecular complexity index is 636. The Morgan fingerprint density at radius 3 is 2.50 bits per heavy atom. The van der Waals surface area contributed by atoms with Gasteiger partial charge in [0, 0.05) is 12.6 Å². The van der Waals surface area contributed by atoms with E-state index in [0.717, 1.165) is 25.7 Å². The zero-order chi connectivity index (χ0) is 15.7. The molecule has 9 heteroatoms. The Hall–Kier alpha value is -1.09. The number of rotatable bonds is 5. The molecule has 1 aliphatic carbocycles. The van der Waals surface area contributed by atoms with Gasteiger partial charge in [0.2, 0.25) is 5.09 Å². The lowest BCUT2D eigenvalue weighted by Gasteiger charge is -2.28. The Kier molecular flexibility index (Phi) is 6.03. The Morgan fingerprint density at radius 2 is 2.00 bits per heavy atom. The lowest BCUT2D eigenvalue weighted by molar-refractivity contribution is 0.0901. The molecule has 1 aromatic heterocycles. The average Bonchev–Trinajstić information content (AvgIpc) is 3.06. The molecule has 1 heterocycles. The molecule has 0 radical (unpaired) electrons. The maximum Gasteiger partial charge on any atom is 0.273 e. The molecule has 0 unspecified atom stereocenters. The molecule has 22 heavy (non-hydrogen) atoms. The molecule has 1 aromatic rings. The van der Waals surface area contributed by atoms with E-state index in [-0.39, 0.29) is 40.3 Å². The second kappa shape index (κ2) is 6.99. The minimum absolute atomic E-state index is 0. The summed E-state index contributed by atoms with van der Waals surface area (Å²) in [5.41, 5.74) is 5.62. The van der Waals surface area contributed by atoms with Gasteiger partial charge in [0.25, 0.3) is 15.9 Å². The second-order valence-corrected chi connectivity index (χ2v) is 7.21. The first-order valence-electron chi connectivity index (χ1n) is 6.90. The Morgan fingerprint density at radius 1 is 1.41 bits per heavy atom. The molecule has 0 aliphatic heterocycles. The SMILES string of the molecule is CNS(=O)(=O)c1cc(C(=O)NC2(CN)CCCC2)c(C)o1.Cl. The van der Waals surface area contributed by atoms with E-state index in [1.54, 1.807) is 6.92 Å². The molecule has 126 valence electrons. The fourth-order valence-electron chi connectivity index (χ4n) is 2.65. The minimum atomic E-state index is -3.70. The maximum atomic E-state index is 12.4. The van der Waals surface area contributed by atoms with Gasteiger partial charge in [-0.2, -0.15) is 0 Å². The van der Waals surface area contributed by atoms with Crippen molar-refractivity contribution in [3.05, 3.63) is 17.4 Å². The number of halogens is 1. The van der Waals surface area contributed by atoms with Crippen molar-refractivity contribution in [3.63, 3.8) is 0 Å². The predicted molar refractivity (Wildman–Crippen MR) is 84.7 cm³/mol. The molecule has 1 aliphatic rings. The number of nitrogens with two attached hydrogens (primary N) is 1. The predicted octanol–water partition coefficient (Wildman–Crippen LogP) is 0.919. The lowest BCUT2D eigenvalue weighted by Crippen LogP contribution is -2.51. The molecule has 1 fully saturated rings. The number of sulfonamides is 1. The molecule has 4 N–H and O–H groups in total. The van der Waals surface area contributed by atoms with Crippen LogP contribution < -0.4 is 15.8 Å². The highest BCUT2D eigenvalue weighted by Crippen LogP contribution is 2.29. The van der Waals surface area contributed by atoms with Crippen LogP contribution in [-0.4, -0.2) is 33.5 Å². The van der Waals surface area contributed by atoms with Crippen LogP contribution in [0.15, 0.2) is 15.6 Å². The monoisotopic (exact) mass is 351 g/mol. The summed E-state index contributed by atoms with van der Waals surface area (Å²) in [4.78, 5) is 12.4. The van der Waals surface area contributed by atoms with Crippen molar-refractivity contribution < 1.29 is 17.6 Å². The third-order valence-electron chi connectivity index (χ3n) is 4.00. The quantitative estimate of drug-likeness (QED) is 0.729. The molecule has 1 saturated carbocycles. The van der Waals surface area contributed by atoms with E-state index >= 15 is 0 Å². The van der Waals surface area contributed by atoms with Crippen molar-refractivity contribution in [2.45, 2.75) is 43.2 Å². The van der Waals surface area contributed by atoms with Crippen LogP contribution in [0.2, 0.25) is 0 Å². The smallest absolute Gasteiger partial charge is 0.273 e. The average molecular weight is 352 g/mol. The second-order valence-electron chi connectivity index (χ2n) is 5.39. The van der Waals surface area contributed by atoms with E-state index in [1.807, 2.05) is 0 Å². The third kappa shape index (κ3) is 3.62. The van der Waals surface area contributed by atoms with Crippen molar-refractivity contribution in [1.82, 2.24) is 10.0 Å². The van der Waals surface area contributed by atoms with Gasteiger partial charge in [-0.25, -0.2) is 13.1 Å². The van der Waals surface area contributed by atoms with Crippen LogP contribution in [0.25, 0.3) is 0 Å². The zero-order valence-electron chi connectivity index (χ0n) is 12.6. The van der Waals surface area contributed by atoms with Crippen LogP contribution in [0.5, 0.6) is 0 Å². The molecule has 7 nitrogen and oxygen atoms in total. The molecule has 0 atom stereocenters. The van der Waals surface area contributed by atoms with E-state index in [1.165, 1.54) is 13.1 Å². The van der Waals surface area contributed by atoms with E-state index in [4.69, 9.17) is 10.2 Å². The lowest BCUT2D eigenvalue weighted by atomic mass is 9.97. The van der Waals surface area contributed by atoms with Gasteiger partial charge in [0.1, 0.15) is 5.76 Å². The van der Waals surface area contributed by atoms with E-state index in [2.05, 4.69) is 10.0 Å². The van der Waals surface area contributed by atoms with Crippen LogP contribution in [0, 0.1) is 6.92 Å². The van der Waals surface area contributed by atoms with Gasteiger partial charge in [0.05, 0.1) is 11.1 Å². The highest BCUT2D eigenvalue weighted by atomic mass is 35.5. The number of aryl methyl sites for hydroxylation is 1. The summed E-state index contributed by atoms with van der Waals surface area (Å²) in [6.07, 6.45) is 3.74. The molecule has 0 bridgehead atoms. The minimum Gasteiger partial charge on any atom is -0.448 e. The van der Waals surface area contributed by atoms with Gasteiger partial charge < -0.3 is 15.5 Å². The van der Waals surface area contributed by atoms with Gasteiger partial charge in [0.15, 0.2) is 0 Å². The highest BCUT2D eigenvalue weighted by Gasteiger charge is 2.35. The van der Waals surface area contributed by atoms with Gasteiger partial charge in [-0.1, -0.05) is 12.8 Å². The van der Waals surface area contributed by atoms with Crippen LogP contribution in [0.3, 0.4) is 0 Å². The number of nitrogens with one attached hydrogen (secondary N) is 2. The first kappa shape index (κ1) is 19.0. The summed E-state index contributed by atoms with van der Waals surface area (Å²) < 4.78 is 30.7. The summed E-state index contributed by atoms with van der Waals surface area (Å²) in [6, 6.07) is 1.25. The molecular weight excluding hydrogens is 330 g/mol. The Labute approximate surface area is 136 Å². The summed E-state index contributed by atoms with van der Waals surface area (Å²) in [5, 5.41) is 2.68. The zero-order valence-corrected chi connectivity index (χ0v) is 14.3. The van der Waals surface area contributed by atoms with Crippen molar-refractivity contribution in [2.75, 3.05) is 13.6 Å². The number of amides is 1. The standard InChI is InChI=1S/C13H21N3O4S.ClH/c1-9-10(7-11(20-9)21(18,19)15-2)12(17)16-13(8-14)5-3-4-6-13;/h7,15H,3-6,8,14H2,1-2H3,(H,16,17);1H. The molecule has 1 amide bonds. The first-order valence-corrected chi connectivity index (χ1v) is 8.38. The third-order valence-corrected chi connectivity index (χ3v) is 5.27. The highest BCUT2D eigenvalue weighted by molar-refractivity contribution is 7.89. The van der Waals surface area contributed by atoms with Gasteiger partial charge in [-0.15, -0.1) is 12.4 Å². The maximum absolute atomic E-state index is 12.4. The fraction of sp³-hybridized carbons (Fsp3) is 0.615. The van der Waals surface area contributed by atoms with Gasteiger partial charge in [-0.05, 0) is 26.8 Å². The summed E-state index contributed by atoms with van der Waals surface area (Å²) in [7, 11) is -2.42. The Balaban J connectivity index is 0.00000242. The summed E-state index contributed by atoms with van der Waals surface area (Å²) >= 11 is 0. The van der Waals surface area contributed by atoms with Gasteiger partial charge in [-0.3, -0.25) is 4.79 Å². The summed E-state index contributed by atoms with van der Waals surface area (Å²) in [6.45, 7) is 1.94. The fourth-order valence-corrected chi connectivity index (χ4v) is 3.36. The molecule has 0 spiro atoms. The normalized spacial score (nSPS) is 17.0. The molecule has 2 rings (SSSR count). The number of carbonyl (C=O) groups is 1.